The van der Waals surface area contributed by atoms with E-state index in [4.69, 9.17) is 0 Å². The fraction of sp³-hybridized carbons (Fsp3) is 0.600. The van der Waals surface area contributed by atoms with E-state index in [0.717, 1.165) is 32.7 Å². The van der Waals surface area contributed by atoms with Gasteiger partial charge in [0, 0.05) is 32.7 Å². The summed E-state index contributed by atoms with van der Waals surface area (Å²) in [5, 5.41) is 3.28. The van der Waals surface area contributed by atoms with Crippen LogP contribution in [0.15, 0.2) is 23.3 Å². The highest BCUT2D eigenvalue weighted by Gasteiger charge is 2.13. The lowest BCUT2D eigenvalue weighted by atomic mass is 10.0. The van der Waals surface area contributed by atoms with Crippen LogP contribution in [0.5, 0.6) is 0 Å². The molecular weight excluding hydrogens is 148 g/mol. The van der Waals surface area contributed by atoms with Crippen LogP contribution in [-0.4, -0.2) is 37.6 Å². The number of rotatable bonds is 2. The maximum atomic E-state index is 3.28. The van der Waals surface area contributed by atoms with Gasteiger partial charge in [-0.1, -0.05) is 17.7 Å². The molecule has 2 aliphatic heterocycles. The van der Waals surface area contributed by atoms with Gasteiger partial charge in [0.05, 0.1) is 0 Å². The van der Waals surface area contributed by atoms with Crippen molar-refractivity contribution >= 4 is 0 Å². The van der Waals surface area contributed by atoms with Crippen LogP contribution in [0.3, 0.4) is 0 Å². The van der Waals surface area contributed by atoms with E-state index in [-0.39, 0.29) is 0 Å². The zero-order chi connectivity index (χ0) is 8.39. The van der Waals surface area contributed by atoms with Gasteiger partial charge in [-0.2, -0.15) is 0 Å². The Balaban J connectivity index is 1.85. The summed E-state index contributed by atoms with van der Waals surface area (Å²) in [5.41, 5.74) is 3.18. The highest BCUT2D eigenvalue weighted by molar-refractivity contribution is 5.22. The Morgan fingerprint density at radius 2 is 2.08 bits per heavy atom. The highest BCUT2D eigenvalue weighted by atomic mass is 15.1. The largest absolute Gasteiger partial charge is 0.309 e. The monoisotopic (exact) mass is 164 g/mol. The molecule has 2 nitrogen and oxygen atoms in total. The lowest BCUT2D eigenvalue weighted by Gasteiger charge is -2.24. The standard InChI is InChI=1S/C10H16N2/c1-9(10-6-11-7-10)8-12-4-2-3-5-12/h2-3,11H,4-8H2,1H3. The zero-order valence-corrected chi connectivity index (χ0v) is 7.64. The Kier molecular flexibility index (Phi) is 2.28. The quantitative estimate of drug-likeness (QED) is 0.607. The van der Waals surface area contributed by atoms with Gasteiger partial charge in [0.2, 0.25) is 0 Å². The summed E-state index contributed by atoms with van der Waals surface area (Å²) in [4.78, 5) is 2.46. The molecule has 0 unspecified atom stereocenters. The van der Waals surface area contributed by atoms with Crippen LogP contribution in [0, 0.1) is 0 Å². The molecule has 0 bridgehead atoms. The molecule has 0 spiro atoms. The van der Waals surface area contributed by atoms with E-state index in [2.05, 4.69) is 29.3 Å². The molecule has 2 rings (SSSR count). The Hall–Kier alpha value is -0.600. The fourth-order valence-electron chi connectivity index (χ4n) is 1.65. The van der Waals surface area contributed by atoms with E-state index < -0.39 is 0 Å². The summed E-state index contributed by atoms with van der Waals surface area (Å²) in [6, 6.07) is 0. The van der Waals surface area contributed by atoms with Crippen molar-refractivity contribution in [3.05, 3.63) is 23.3 Å². The molecule has 0 aromatic heterocycles. The van der Waals surface area contributed by atoms with Gasteiger partial charge in [-0.3, -0.25) is 4.90 Å². The molecule has 2 heterocycles. The number of hydrogen-bond acceptors (Lipinski definition) is 2. The van der Waals surface area contributed by atoms with Crippen molar-refractivity contribution in [1.82, 2.24) is 10.2 Å². The van der Waals surface area contributed by atoms with E-state index in [1.165, 1.54) is 0 Å². The molecule has 1 saturated heterocycles. The molecule has 0 aromatic rings. The van der Waals surface area contributed by atoms with Crippen molar-refractivity contribution in [2.45, 2.75) is 6.92 Å². The molecule has 0 atom stereocenters. The summed E-state index contributed by atoms with van der Waals surface area (Å²) in [6.45, 7) is 7.93. The van der Waals surface area contributed by atoms with E-state index in [1.807, 2.05) is 0 Å². The van der Waals surface area contributed by atoms with Crippen molar-refractivity contribution in [2.24, 2.45) is 0 Å². The van der Waals surface area contributed by atoms with Crippen molar-refractivity contribution in [2.75, 3.05) is 32.7 Å². The Morgan fingerprint density at radius 1 is 1.42 bits per heavy atom. The first kappa shape index (κ1) is 8.02. The van der Waals surface area contributed by atoms with Gasteiger partial charge in [0.25, 0.3) is 0 Å². The molecule has 0 saturated carbocycles. The first-order valence-corrected chi connectivity index (χ1v) is 4.62. The maximum Gasteiger partial charge on any atom is 0.0200 e. The second-order valence-electron chi connectivity index (χ2n) is 3.65. The third-order valence-electron chi connectivity index (χ3n) is 2.63. The number of nitrogens with zero attached hydrogens (tertiary/aromatic N) is 1. The zero-order valence-electron chi connectivity index (χ0n) is 7.64. The molecule has 12 heavy (non-hydrogen) atoms. The first-order valence-electron chi connectivity index (χ1n) is 4.62. The third-order valence-corrected chi connectivity index (χ3v) is 2.63. The van der Waals surface area contributed by atoms with Gasteiger partial charge in [0.15, 0.2) is 0 Å². The Morgan fingerprint density at radius 3 is 2.58 bits per heavy atom. The van der Waals surface area contributed by atoms with E-state index in [0.29, 0.717) is 0 Å². The second-order valence-corrected chi connectivity index (χ2v) is 3.65. The van der Waals surface area contributed by atoms with Crippen LogP contribution in [-0.2, 0) is 0 Å². The molecule has 0 aliphatic carbocycles. The van der Waals surface area contributed by atoms with Gasteiger partial charge in [0.1, 0.15) is 0 Å². The molecule has 2 heteroatoms. The highest BCUT2D eigenvalue weighted by Crippen LogP contribution is 2.11. The summed E-state index contributed by atoms with van der Waals surface area (Å²) >= 11 is 0. The smallest absolute Gasteiger partial charge is 0.0200 e. The third kappa shape index (κ3) is 1.59. The molecule has 66 valence electrons. The van der Waals surface area contributed by atoms with Crippen molar-refractivity contribution in [1.29, 1.82) is 0 Å². The predicted octanol–water partition coefficient (Wildman–Crippen LogP) is 0.778. The molecular formula is C10H16N2. The van der Waals surface area contributed by atoms with Crippen LogP contribution in [0.2, 0.25) is 0 Å². The van der Waals surface area contributed by atoms with Crippen LogP contribution in [0.25, 0.3) is 0 Å². The summed E-state index contributed by atoms with van der Waals surface area (Å²) < 4.78 is 0. The molecule has 2 aliphatic rings. The van der Waals surface area contributed by atoms with E-state index in [9.17, 15) is 0 Å². The Labute approximate surface area is 73.9 Å². The molecule has 1 N–H and O–H groups in total. The predicted molar refractivity (Wildman–Crippen MR) is 51.1 cm³/mol. The Bertz CT molecular complexity index is 214. The van der Waals surface area contributed by atoms with E-state index in [1.54, 1.807) is 11.1 Å². The van der Waals surface area contributed by atoms with E-state index >= 15 is 0 Å². The normalized spacial score (nSPS) is 22.9. The van der Waals surface area contributed by atoms with Crippen LogP contribution >= 0.6 is 0 Å². The minimum absolute atomic E-state index is 1.12. The number of nitrogens with one attached hydrogen (secondary N) is 1. The van der Waals surface area contributed by atoms with Crippen LogP contribution < -0.4 is 5.32 Å². The van der Waals surface area contributed by atoms with Gasteiger partial charge in [-0.05, 0) is 12.5 Å². The lowest BCUT2D eigenvalue weighted by Crippen LogP contribution is -2.36. The van der Waals surface area contributed by atoms with Gasteiger partial charge >= 0.3 is 0 Å². The summed E-state index contributed by atoms with van der Waals surface area (Å²) in [5.74, 6) is 0. The van der Waals surface area contributed by atoms with Crippen molar-refractivity contribution in [3.8, 4) is 0 Å². The van der Waals surface area contributed by atoms with Crippen molar-refractivity contribution < 1.29 is 0 Å². The average Bonchev–Trinajstić information content (AvgIpc) is 2.34. The van der Waals surface area contributed by atoms with Crippen molar-refractivity contribution in [3.63, 3.8) is 0 Å². The topological polar surface area (TPSA) is 15.3 Å². The summed E-state index contributed by atoms with van der Waals surface area (Å²) in [6.07, 6.45) is 4.49. The molecule has 0 aromatic carbocycles. The molecule has 1 fully saturated rings. The maximum absolute atomic E-state index is 3.28. The van der Waals surface area contributed by atoms with Crippen LogP contribution in [0.1, 0.15) is 6.92 Å². The molecule has 0 amide bonds. The van der Waals surface area contributed by atoms with Gasteiger partial charge in [-0.25, -0.2) is 0 Å². The lowest BCUT2D eigenvalue weighted by molar-refractivity contribution is 0.380. The fourth-order valence-corrected chi connectivity index (χ4v) is 1.65. The second kappa shape index (κ2) is 3.42. The minimum Gasteiger partial charge on any atom is -0.309 e. The average molecular weight is 164 g/mol. The summed E-state index contributed by atoms with van der Waals surface area (Å²) in [7, 11) is 0. The van der Waals surface area contributed by atoms with Crippen LogP contribution in [0.4, 0.5) is 0 Å². The van der Waals surface area contributed by atoms with Gasteiger partial charge in [-0.15, -0.1) is 0 Å². The van der Waals surface area contributed by atoms with Gasteiger partial charge < -0.3 is 5.32 Å². The number of hydrogen-bond donors (Lipinski definition) is 1. The first-order chi connectivity index (χ1) is 5.86. The molecule has 0 radical (unpaired) electrons. The SMILES string of the molecule is CC(CN1CC=CC1)=C1CNC1. The minimum atomic E-state index is 1.12.